The van der Waals surface area contributed by atoms with Gasteiger partial charge in [-0.15, -0.1) is 5.10 Å². The quantitative estimate of drug-likeness (QED) is 0.551. The Morgan fingerprint density at radius 2 is 2.11 bits per heavy atom. The molecule has 0 unspecified atom stereocenters. The molecule has 0 saturated carbocycles. The van der Waals surface area contributed by atoms with Crippen molar-refractivity contribution < 1.29 is 23.8 Å². The van der Waals surface area contributed by atoms with Gasteiger partial charge in [-0.2, -0.15) is 4.98 Å². The molecule has 0 spiro atoms. The first-order valence-corrected chi connectivity index (χ1v) is 5.73. The highest BCUT2D eigenvalue weighted by atomic mass is 79.9. The lowest BCUT2D eigenvalue weighted by atomic mass is 10.6. The second kappa shape index (κ2) is 7.07. The van der Waals surface area contributed by atoms with E-state index in [1.807, 2.05) is 0 Å². The van der Waals surface area contributed by atoms with Crippen LogP contribution in [0.3, 0.4) is 0 Å². The minimum absolute atomic E-state index is 0.0621. The van der Waals surface area contributed by atoms with Gasteiger partial charge in [0.25, 0.3) is 5.82 Å². The van der Waals surface area contributed by atoms with Crippen LogP contribution < -0.4 is 0 Å². The standard InChI is InChI=1S/C9H12BrN3O5/c1-6(14)18-4-3-17-5-13-9(10)11-7(12-13)8(15)16-2/h3-5H2,1-2H3. The molecule has 0 aliphatic rings. The summed E-state index contributed by atoms with van der Waals surface area (Å²) in [6.07, 6.45) is 0. The number of methoxy groups -OCH3 is 1. The van der Waals surface area contributed by atoms with Gasteiger partial charge in [0.15, 0.2) is 4.73 Å². The van der Waals surface area contributed by atoms with E-state index in [1.54, 1.807) is 0 Å². The van der Waals surface area contributed by atoms with Crippen molar-refractivity contribution in [3.63, 3.8) is 0 Å². The van der Waals surface area contributed by atoms with Gasteiger partial charge in [0, 0.05) is 6.92 Å². The monoisotopic (exact) mass is 321 g/mol. The molecule has 0 aromatic carbocycles. The Morgan fingerprint density at radius 1 is 1.39 bits per heavy atom. The van der Waals surface area contributed by atoms with E-state index in [9.17, 15) is 9.59 Å². The Kier molecular flexibility index (Phi) is 5.72. The summed E-state index contributed by atoms with van der Waals surface area (Å²) in [5.74, 6) is -1.06. The topological polar surface area (TPSA) is 92.5 Å². The van der Waals surface area contributed by atoms with Gasteiger partial charge in [-0.25, -0.2) is 9.48 Å². The molecule has 1 aromatic heterocycles. The first kappa shape index (κ1) is 14.6. The fourth-order valence-corrected chi connectivity index (χ4v) is 1.33. The average Bonchev–Trinajstić information content (AvgIpc) is 2.69. The van der Waals surface area contributed by atoms with Crippen molar-refractivity contribution in [2.24, 2.45) is 0 Å². The predicted octanol–water partition coefficient (Wildman–Crippen LogP) is 0.364. The second-order valence-corrected chi connectivity index (χ2v) is 3.78. The third-order valence-corrected chi connectivity index (χ3v) is 2.33. The zero-order valence-corrected chi connectivity index (χ0v) is 11.5. The summed E-state index contributed by atoms with van der Waals surface area (Å²) in [5.41, 5.74) is 0. The summed E-state index contributed by atoms with van der Waals surface area (Å²) in [5, 5.41) is 3.86. The molecule has 1 rings (SSSR count). The number of ether oxygens (including phenoxy) is 3. The Morgan fingerprint density at radius 3 is 2.72 bits per heavy atom. The zero-order chi connectivity index (χ0) is 13.5. The maximum Gasteiger partial charge on any atom is 0.377 e. The lowest BCUT2D eigenvalue weighted by molar-refractivity contribution is -0.143. The van der Waals surface area contributed by atoms with Crippen molar-refractivity contribution in [1.82, 2.24) is 14.8 Å². The first-order chi connectivity index (χ1) is 8.54. The van der Waals surface area contributed by atoms with E-state index in [-0.39, 0.29) is 31.7 Å². The molecule has 1 heterocycles. The lowest BCUT2D eigenvalue weighted by Crippen LogP contribution is -2.12. The minimum Gasteiger partial charge on any atom is -0.463 e. The van der Waals surface area contributed by atoms with Crippen LogP contribution in [0, 0.1) is 0 Å². The largest absolute Gasteiger partial charge is 0.463 e. The van der Waals surface area contributed by atoms with Gasteiger partial charge in [0.1, 0.15) is 13.3 Å². The van der Waals surface area contributed by atoms with Crippen molar-refractivity contribution in [3.05, 3.63) is 10.6 Å². The molecular weight excluding hydrogens is 310 g/mol. The first-order valence-electron chi connectivity index (χ1n) is 4.94. The smallest absolute Gasteiger partial charge is 0.377 e. The van der Waals surface area contributed by atoms with Crippen molar-refractivity contribution >= 4 is 27.9 Å². The maximum atomic E-state index is 11.2. The maximum absolute atomic E-state index is 11.2. The number of nitrogens with zero attached hydrogens (tertiary/aromatic N) is 3. The van der Waals surface area contributed by atoms with Crippen LogP contribution in [-0.4, -0.2) is 47.0 Å². The molecule has 0 aliphatic carbocycles. The number of aromatic nitrogens is 3. The molecule has 0 amide bonds. The normalized spacial score (nSPS) is 10.2. The fourth-order valence-electron chi connectivity index (χ4n) is 0.978. The van der Waals surface area contributed by atoms with Gasteiger partial charge >= 0.3 is 11.9 Å². The number of rotatable bonds is 6. The van der Waals surface area contributed by atoms with Gasteiger partial charge in [-0.3, -0.25) is 4.79 Å². The summed E-state index contributed by atoms with van der Waals surface area (Å²) >= 11 is 3.12. The molecule has 9 heteroatoms. The number of carbonyl (C=O) groups is 2. The Labute approximate surface area is 111 Å². The minimum atomic E-state index is -0.630. The molecule has 8 nitrogen and oxygen atoms in total. The molecule has 0 aliphatic heterocycles. The van der Waals surface area contributed by atoms with Crippen LogP contribution in [0.5, 0.6) is 0 Å². The molecule has 0 atom stereocenters. The fraction of sp³-hybridized carbons (Fsp3) is 0.556. The second-order valence-electron chi connectivity index (χ2n) is 3.07. The molecule has 0 saturated heterocycles. The SMILES string of the molecule is COC(=O)c1nc(Br)n(COCCOC(C)=O)n1. The lowest BCUT2D eigenvalue weighted by Gasteiger charge is -2.04. The number of hydrogen-bond acceptors (Lipinski definition) is 7. The summed E-state index contributed by atoms with van der Waals surface area (Å²) in [6, 6.07) is 0. The van der Waals surface area contributed by atoms with E-state index >= 15 is 0 Å². The summed E-state index contributed by atoms with van der Waals surface area (Å²) < 4.78 is 16.0. The van der Waals surface area contributed by atoms with Gasteiger partial charge in [0.05, 0.1) is 13.7 Å². The number of halogens is 1. The van der Waals surface area contributed by atoms with E-state index in [2.05, 4.69) is 35.5 Å². The van der Waals surface area contributed by atoms with Crippen LogP contribution in [0.2, 0.25) is 0 Å². The Balaban J connectivity index is 2.40. The van der Waals surface area contributed by atoms with Crippen LogP contribution in [0.15, 0.2) is 4.73 Å². The zero-order valence-electron chi connectivity index (χ0n) is 9.88. The third-order valence-electron chi connectivity index (χ3n) is 1.74. The van der Waals surface area contributed by atoms with Gasteiger partial charge in [-0.1, -0.05) is 0 Å². The molecular formula is C9H12BrN3O5. The van der Waals surface area contributed by atoms with Gasteiger partial charge < -0.3 is 14.2 Å². The van der Waals surface area contributed by atoms with E-state index in [1.165, 1.54) is 18.7 Å². The molecule has 0 fully saturated rings. The molecule has 0 radical (unpaired) electrons. The van der Waals surface area contributed by atoms with E-state index < -0.39 is 5.97 Å². The van der Waals surface area contributed by atoms with Crippen LogP contribution in [-0.2, 0) is 25.7 Å². The van der Waals surface area contributed by atoms with Crippen molar-refractivity contribution in [2.75, 3.05) is 20.3 Å². The van der Waals surface area contributed by atoms with Crippen LogP contribution in [0.25, 0.3) is 0 Å². The van der Waals surface area contributed by atoms with Gasteiger partial charge in [-0.05, 0) is 15.9 Å². The molecule has 1 aromatic rings. The summed E-state index contributed by atoms with van der Waals surface area (Å²) in [4.78, 5) is 25.5. The summed E-state index contributed by atoms with van der Waals surface area (Å²) in [7, 11) is 1.24. The number of hydrogen-bond donors (Lipinski definition) is 0. The van der Waals surface area contributed by atoms with Crippen LogP contribution in [0.1, 0.15) is 17.5 Å². The highest BCUT2D eigenvalue weighted by molar-refractivity contribution is 9.10. The van der Waals surface area contributed by atoms with Crippen molar-refractivity contribution in [3.8, 4) is 0 Å². The van der Waals surface area contributed by atoms with Crippen molar-refractivity contribution in [2.45, 2.75) is 13.7 Å². The highest BCUT2D eigenvalue weighted by Gasteiger charge is 2.15. The molecule has 0 N–H and O–H groups in total. The third kappa shape index (κ3) is 4.41. The molecule has 100 valence electrons. The Hall–Kier alpha value is -1.48. The molecule has 18 heavy (non-hydrogen) atoms. The predicted molar refractivity (Wildman–Crippen MR) is 61.6 cm³/mol. The Bertz CT molecular complexity index is 434. The van der Waals surface area contributed by atoms with Crippen LogP contribution >= 0.6 is 15.9 Å². The summed E-state index contributed by atoms with van der Waals surface area (Å²) in [6.45, 7) is 1.77. The number of carbonyl (C=O) groups excluding carboxylic acids is 2. The number of esters is 2. The average molecular weight is 322 g/mol. The highest BCUT2D eigenvalue weighted by Crippen LogP contribution is 2.07. The van der Waals surface area contributed by atoms with E-state index in [0.29, 0.717) is 4.73 Å². The van der Waals surface area contributed by atoms with Crippen molar-refractivity contribution in [1.29, 1.82) is 0 Å². The molecule has 0 bridgehead atoms. The van der Waals surface area contributed by atoms with Gasteiger partial charge in [0.2, 0.25) is 0 Å². The van der Waals surface area contributed by atoms with E-state index in [0.717, 1.165) is 0 Å². The van der Waals surface area contributed by atoms with Crippen LogP contribution in [0.4, 0.5) is 0 Å². The van der Waals surface area contributed by atoms with E-state index in [4.69, 9.17) is 4.74 Å².